The van der Waals surface area contributed by atoms with Gasteiger partial charge in [0, 0.05) is 12.7 Å². The number of nitrogens with two attached hydrogens (primary N) is 1. The smallest absolute Gasteiger partial charge is 0.168 e. The number of anilines is 1. The highest BCUT2D eigenvalue weighted by atomic mass is 16.5. The first-order chi connectivity index (χ1) is 7.77. The Hall–Kier alpha value is -1.29. The summed E-state index contributed by atoms with van der Waals surface area (Å²) in [6, 6.07) is 3.80. The van der Waals surface area contributed by atoms with Crippen molar-refractivity contribution in [2.45, 2.75) is 20.3 Å². The van der Waals surface area contributed by atoms with Crippen molar-refractivity contribution in [1.29, 1.82) is 0 Å². The highest BCUT2D eigenvalue weighted by Gasteiger charge is 2.05. The molecule has 1 atom stereocenters. The van der Waals surface area contributed by atoms with Crippen molar-refractivity contribution in [3.63, 3.8) is 0 Å². The monoisotopic (exact) mass is 223 g/mol. The molecule has 1 rings (SSSR count). The summed E-state index contributed by atoms with van der Waals surface area (Å²) in [6.07, 6.45) is 2.78. The Labute approximate surface area is 97.2 Å². The molecule has 1 aromatic rings. The fraction of sp³-hybridized carbons (Fsp3) is 0.583. The third-order valence-corrected chi connectivity index (χ3v) is 2.35. The Morgan fingerprint density at radius 3 is 3.06 bits per heavy atom. The van der Waals surface area contributed by atoms with E-state index in [0.717, 1.165) is 31.1 Å². The minimum Gasteiger partial charge on any atom is -0.490 e. The second-order valence-electron chi connectivity index (χ2n) is 3.85. The van der Waals surface area contributed by atoms with E-state index in [4.69, 9.17) is 10.5 Å². The van der Waals surface area contributed by atoms with Crippen LogP contribution in [-0.2, 0) is 0 Å². The van der Waals surface area contributed by atoms with Crippen molar-refractivity contribution in [2.75, 3.05) is 25.0 Å². The summed E-state index contributed by atoms with van der Waals surface area (Å²) in [7, 11) is 0. The summed E-state index contributed by atoms with van der Waals surface area (Å²) < 4.78 is 5.48. The summed E-state index contributed by atoms with van der Waals surface area (Å²) in [6.45, 7) is 6.38. The first-order valence-corrected chi connectivity index (χ1v) is 5.79. The quantitative estimate of drug-likeness (QED) is 0.741. The number of aromatic nitrogens is 1. The lowest BCUT2D eigenvalue weighted by Crippen LogP contribution is -2.16. The van der Waals surface area contributed by atoms with E-state index in [9.17, 15) is 0 Å². The molecule has 0 aliphatic rings. The van der Waals surface area contributed by atoms with Crippen molar-refractivity contribution >= 4 is 5.82 Å². The summed E-state index contributed by atoms with van der Waals surface area (Å²) in [5, 5.41) is 3.29. The second kappa shape index (κ2) is 7.06. The van der Waals surface area contributed by atoms with E-state index in [0.29, 0.717) is 12.5 Å². The van der Waals surface area contributed by atoms with Gasteiger partial charge in [-0.1, -0.05) is 6.92 Å². The van der Waals surface area contributed by atoms with Crippen LogP contribution in [0.4, 0.5) is 5.82 Å². The van der Waals surface area contributed by atoms with Gasteiger partial charge in [-0.15, -0.1) is 0 Å². The zero-order chi connectivity index (χ0) is 11.8. The molecule has 3 N–H and O–H groups in total. The maximum atomic E-state index is 5.51. The van der Waals surface area contributed by atoms with Crippen LogP contribution in [-0.4, -0.2) is 24.7 Å². The van der Waals surface area contributed by atoms with Crippen LogP contribution in [0.5, 0.6) is 5.75 Å². The largest absolute Gasteiger partial charge is 0.490 e. The van der Waals surface area contributed by atoms with Crippen LogP contribution < -0.4 is 15.8 Å². The van der Waals surface area contributed by atoms with Crippen LogP contribution in [0, 0.1) is 5.92 Å². The van der Waals surface area contributed by atoms with E-state index < -0.39 is 0 Å². The molecule has 0 fully saturated rings. The van der Waals surface area contributed by atoms with E-state index in [1.807, 2.05) is 19.1 Å². The van der Waals surface area contributed by atoms with Gasteiger partial charge in [-0.05, 0) is 37.9 Å². The third kappa shape index (κ3) is 4.06. The molecule has 0 bridgehead atoms. The molecule has 0 aliphatic heterocycles. The Morgan fingerprint density at radius 2 is 2.38 bits per heavy atom. The summed E-state index contributed by atoms with van der Waals surface area (Å²) in [5.41, 5.74) is 5.51. The average molecular weight is 223 g/mol. The van der Waals surface area contributed by atoms with E-state index >= 15 is 0 Å². The lowest BCUT2D eigenvalue weighted by Gasteiger charge is -2.14. The maximum Gasteiger partial charge on any atom is 0.168 e. The second-order valence-corrected chi connectivity index (χ2v) is 3.85. The molecule has 0 spiro atoms. The number of hydrogen-bond acceptors (Lipinski definition) is 4. The molecule has 0 amide bonds. The van der Waals surface area contributed by atoms with Crippen LogP contribution in [0.3, 0.4) is 0 Å². The standard InChI is InChI=1S/C12H21N3O/c1-3-16-11-5-4-8-14-12(11)15-9-10(2)6-7-13/h4-5,8,10H,3,6-7,9,13H2,1-2H3,(H,14,15). The number of hydrogen-bond donors (Lipinski definition) is 2. The van der Waals surface area contributed by atoms with Gasteiger partial charge in [0.15, 0.2) is 11.6 Å². The molecule has 4 nitrogen and oxygen atoms in total. The molecule has 4 heteroatoms. The molecule has 0 saturated carbocycles. The fourth-order valence-electron chi connectivity index (χ4n) is 1.45. The molecule has 0 saturated heterocycles. The first kappa shape index (κ1) is 12.8. The lowest BCUT2D eigenvalue weighted by molar-refractivity contribution is 0.340. The summed E-state index contributed by atoms with van der Waals surface area (Å²) >= 11 is 0. The molecular formula is C12H21N3O. The molecule has 1 heterocycles. The Bertz CT molecular complexity index is 304. The fourth-order valence-corrected chi connectivity index (χ4v) is 1.45. The lowest BCUT2D eigenvalue weighted by atomic mass is 10.1. The van der Waals surface area contributed by atoms with Crippen LogP contribution in [0.15, 0.2) is 18.3 Å². The minimum absolute atomic E-state index is 0.543. The van der Waals surface area contributed by atoms with Gasteiger partial charge in [0.25, 0.3) is 0 Å². The van der Waals surface area contributed by atoms with E-state index in [1.54, 1.807) is 6.20 Å². The van der Waals surface area contributed by atoms with E-state index in [-0.39, 0.29) is 0 Å². The van der Waals surface area contributed by atoms with Crippen LogP contribution in [0.1, 0.15) is 20.3 Å². The van der Waals surface area contributed by atoms with Crippen LogP contribution in [0.25, 0.3) is 0 Å². The summed E-state index contributed by atoms with van der Waals surface area (Å²) in [4.78, 5) is 4.26. The molecule has 1 unspecified atom stereocenters. The highest BCUT2D eigenvalue weighted by molar-refractivity contribution is 5.49. The third-order valence-electron chi connectivity index (χ3n) is 2.35. The Kier molecular flexibility index (Phi) is 5.64. The minimum atomic E-state index is 0.543. The maximum absolute atomic E-state index is 5.51. The molecule has 1 aromatic heterocycles. The van der Waals surface area contributed by atoms with Crippen LogP contribution >= 0.6 is 0 Å². The summed E-state index contributed by atoms with van der Waals surface area (Å²) in [5.74, 6) is 2.17. The molecular weight excluding hydrogens is 202 g/mol. The van der Waals surface area contributed by atoms with Gasteiger partial charge >= 0.3 is 0 Å². The van der Waals surface area contributed by atoms with E-state index in [1.165, 1.54) is 0 Å². The van der Waals surface area contributed by atoms with Gasteiger partial charge in [-0.25, -0.2) is 4.98 Å². The Balaban J connectivity index is 2.52. The van der Waals surface area contributed by atoms with Gasteiger partial charge < -0.3 is 15.8 Å². The zero-order valence-corrected chi connectivity index (χ0v) is 10.1. The normalized spacial score (nSPS) is 12.2. The van der Waals surface area contributed by atoms with Crippen LogP contribution in [0.2, 0.25) is 0 Å². The number of nitrogens with zero attached hydrogens (tertiary/aromatic N) is 1. The molecule has 0 aliphatic carbocycles. The number of nitrogens with one attached hydrogen (secondary N) is 1. The van der Waals surface area contributed by atoms with Gasteiger partial charge in [0.05, 0.1) is 6.61 Å². The average Bonchev–Trinajstić information content (AvgIpc) is 2.29. The number of pyridine rings is 1. The van der Waals surface area contributed by atoms with Gasteiger partial charge in [0.1, 0.15) is 0 Å². The Morgan fingerprint density at radius 1 is 1.56 bits per heavy atom. The van der Waals surface area contributed by atoms with Crippen molar-refractivity contribution in [3.8, 4) is 5.75 Å². The predicted molar refractivity (Wildman–Crippen MR) is 66.7 cm³/mol. The number of rotatable bonds is 7. The molecule has 0 aromatic carbocycles. The molecule has 16 heavy (non-hydrogen) atoms. The first-order valence-electron chi connectivity index (χ1n) is 5.79. The molecule has 0 radical (unpaired) electrons. The van der Waals surface area contributed by atoms with Crippen molar-refractivity contribution in [3.05, 3.63) is 18.3 Å². The number of ether oxygens (including phenoxy) is 1. The van der Waals surface area contributed by atoms with Crippen molar-refractivity contribution in [1.82, 2.24) is 4.98 Å². The van der Waals surface area contributed by atoms with Crippen molar-refractivity contribution < 1.29 is 4.74 Å². The van der Waals surface area contributed by atoms with Gasteiger partial charge in [-0.2, -0.15) is 0 Å². The predicted octanol–water partition coefficient (Wildman–Crippen LogP) is 1.88. The zero-order valence-electron chi connectivity index (χ0n) is 10.1. The highest BCUT2D eigenvalue weighted by Crippen LogP contribution is 2.20. The topological polar surface area (TPSA) is 60.2 Å². The van der Waals surface area contributed by atoms with Crippen molar-refractivity contribution in [2.24, 2.45) is 11.7 Å². The SMILES string of the molecule is CCOc1cccnc1NCC(C)CCN. The van der Waals surface area contributed by atoms with E-state index in [2.05, 4.69) is 17.2 Å². The van der Waals surface area contributed by atoms with Gasteiger partial charge in [0.2, 0.25) is 0 Å². The van der Waals surface area contributed by atoms with Gasteiger partial charge in [-0.3, -0.25) is 0 Å². The molecule has 90 valence electrons.